The van der Waals surface area contributed by atoms with Crippen molar-refractivity contribution in [3.05, 3.63) is 52.7 Å². The summed E-state index contributed by atoms with van der Waals surface area (Å²) in [7, 11) is 0. The molecule has 0 bridgehead atoms. The molecule has 0 aliphatic carbocycles. The maximum absolute atomic E-state index is 5.42. The third-order valence-corrected chi connectivity index (χ3v) is 3.58. The molecule has 0 aromatic carbocycles. The Hall–Kier alpha value is -2.01. The van der Waals surface area contributed by atoms with Gasteiger partial charge in [-0.1, -0.05) is 0 Å². The van der Waals surface area contributed by atoms with Gasteiger partial charge in [-0.2, -0.15) is 0 Å². The molecule has 3 aromatic heterocycles. The van der Waals surface area contributed by atoms with E-state index in [9.17, 15) is 0 Å². The molecule has 0 radical (unpaired) electrons. The summed E-state index contributed by atoms with van der Waals surface area (Å²) in [6, 6.07) is 8.12. The standard InChI is InChI=1S/C14H14N4S/c1-9-3-4-12-13(16-9)18(14(19)17-12)10(2)11-5-7-15-8-6-11/h3-8,10H,1-2H3,(H,17,19). The molecule has 0 spiro atoms. The molecule has 4 nitrogen and oxygen atoms in total. The van der Waals surface area contributed by atoms with E-state index in [2.05, 4.69) is 21.9 Å². The van der Waals surface area contributed by atoms with Crippen molar-refractivity contribution < 1.29 is 0 Å². The highest BCUT2D eigenvalue weighted by molar-refractivity contribution is 7.71. The number of hydrogen-bond acceptors (Lipinski definition) is 3. The number of pyridine rings is 2. The van der Waals surface area contributed by atoms with Crippen molar-refractivity contribution >= 4 is 23.4 Å². The van der Waals surface area contributed by atoms with Crippen LogP contribution >= 0.6 is 12.2 Å². The van der Waals surface area contributed by atoms with E-state index in [1.54, 1.807) is 12.4 Å². The van der Waals surface area contributed by atoms with Gasteiger partial charge in [-0.05, 0) is 55.9 Å². The van der Waals surface area contributed by atoms with Gasteiger partial charge >= 0.3 is 0 Å². The largest absolute Gasteiger partial charge is 0.329 e. The van der Waals surface area contributed by atoms with Crippen molar-refractivity contribution in [3.63, 3.8) is 0 Å². The number of fused-ring (bicyclic) bond motifs is 1. The minimum atomic E-state index is 0.124. The van der Waals surface area contributed by atoms with Crippen molar-refractivity contribution in [2.75, 3.05) is 0 Å². The Morgan fingerprint density at radius 3 is 2.68 bits per heavy atom. The van der Waals surface area contributed by atoms with Crippen LogP contribution in [0.4, 0.5) is 0 Å². The minimum absolute atomic E-state index is 0.124. The van der Waals surface area contributed by atoms with Gasteiger partial charge in [0, 0.05) is 18.1 Å². The molecule has 0 saturated heterocycles. The van der Waals surface area contributed by atoms with Crippen LogP contribution in [0.1, 0.15) is 24.2 Å². The Balaban J connectivity index is 2.22. The van der Waals surface area contributed by atoms with Crippen LogP contribution in [-0.2, 0) is 0 Å². The van der Waals surface area contributed by atoms with E-state index in [0.717, 1.165) is 22.4 Å². The monoisotopic (exact) mass is 270 g/mol. The summed E-state index contributed by atoms with van der Waals surface area (Å²) in [5.74, 6) is 0. The average molecular weight is 270 g/mol. The van der Waals surface area contributed by atoms with Gasteiger partial charge in [0.25, 0.3) is 0 Å². The normalized spacial score (nSPS) is 12.7. The van der Waals surface area contributed by atoms with Crippen LogP contribution in [0.15, 0.2) is 36.7 Å². The Morgan fingerprint density at radius 1 is 1.21 bits per heavy atom. The predicted molar refractivity (Wildman–Crippen MR) is 77.7 cm³/mol. The van der Waals surface area contributed by atoms with Gasteiger partial charge in [0.2, 0.25) is 0 Å². The lowest BCUT2D eigenvalue weighted by atomic mass is 10.1. The molecule has 1 unspecified atom stereocenters. The molecule has 0 aliphatic rings. The number of nitrogens with zero attached hydrogens (tertiary/aromatic N) is 3. The third-order valence-electron chi connectivity index (χ3n) is 3.28. The van der Waals surface area contributed by atoms with Crippen LogP contribution in [0.25, 0.3) is 11.2 Å². The summed E-state index contributed by atoms with van der Waals surface area (Å²) in [6.07, 6.45) is 3.59. The van der Waals surface area contributed by atoms with Crippen LogP contribution in [0.3, 0.4) is 0 Å². The summed E-state index contributed by atoms with van der Waals surface area (Å²) in [6.45, 7) is 4.10. The van der Waals surface area contributed by atoms with Crippen LogP contribution in [0, 0.1) is 11.7 Å². The number of hydrogen-bond donors (Lipinski definition) is 1. The summed E-state index contributed by atoms with van der Waals surface area (Å²) in [5, 5.41) is 0. The van der Waals surface area contributed by atoms with E-state index in [0.29, 0.717) is 4.77 Å². The number of aryl methyl sites for hydroxylation is 1. The highest BCUT2D eigenvalue weighted by atomic mass is 32.1. The van der Waals surface area contributed by atoms with Crippen LogP contribution in [0.5, 0.6) is 0 Å². The summed E-state index contributed by atoms with van der Waals surface area (Å²) in [5.41, 5.74) is 4.01. The molecule has 3 aromatic rings. The van der Waals surface area contributed by atoms with Crippen molar-refractivity contribution in [2.45, 2.75) is 19.9 Å². The second-order valence-corrected chi connectivity index (χ2v) is 4.97. The van der Waals surface area contributed by atoms with Crippen molar-refractivity contribution in [1.29, 1.82) is 0 Å². The lowest BCUT2D eigenvalue weighted by Gasteiger charge is -2.14. The number of aromatic amines is 1. The van der Waals surface area contributed by atoms with Crippen LogP contribution < -0.4 is 0 Å². The van der Waals surface area contributed by atoms with Crippen molar-refractivity contribution in [3.8, 4) is 0 Å². The number of rotatable bonds is 2. The molecular weight excluding hydrogens is 256 g/mol. The summed E-state index contributed by atoms with van der Waals surface area (Å²) >= 11 is 5.42. The van der Waals surface area contributed by atoms with E-state index in [1.165, 1.54) is 0 Å². The molecular formula is C14H14N4S. The first kappa shape index (κ1) is 12.0. The predicted octanol–water partition coefficient (Wildman–Crippen LogP) is 3.41. The zero-order chi connectivity index (χ0) is 13.4. The number of imidazole rings is 1. The maximum Gasteiger partial charge on any atom is 0.179 e. The first-order valence-electron chi connectivity index (χ1n) is 6.14. The second-order valence-electron chi connectivity index (χ2n) is 4.58. The molecule has 0 aliphatic heterocycles. The van der Waals surface area contributed by atoms with E-state index >= 15 is 0 Å². The summed E-state index contributed by atoms with van der Waals surface area (Å²) < 4.78 is 2.74. The smallest absolute Gasteiger partial charge is 0.179 e. The van der Waals surface area contributed by atoms with Crippen LogP contribution in [0.2, 0.25) is 0 Å². The van der Waals surface area contributed by atoms with Crippen molar-refractivity contribution in [2.24, 2.45) is 0 Å². The van der Waals surface area contributed by atoms with Crippen molar-refractivity contribution in [1.82, 2.24) is 19.5 Å². The number of aromatic nitrogens is 4. The van der Waals surface area contributed by atoms with E-state index in [1.807, 2.05) is 35.8 Å². The molecule has 96 valence electrons. The Kier molecular flexibility index (Phi) is 2.91. The fourth-order valence-corrected chi connectivity index (χ4v) is 2.60. The lowest BCUT2D eigenvalue weighted by molar-refractivity contribution is 0.642. The van der Waals surface area contributed by atoms with Gasteiger partial charge in [0.05, 0.1) is 11.6 Å². The fourth-order valence-electron chi connectivity index (χ4n) is 2.25. The lowest BCUT2D eigenvalue weighted by Crippen LogP contribution is -2.07. The topological polar surface area (TPSA) is 46.5 Å². The zero-order valence-corrected chi connectivity index (χ0v) is 11.6. The van der Waals surface area contributed by atoms with E-state index in [4.69, 9.17) is 12.2 Å². The first-order valence-corrected chi connectivity index (χ1v) is 6.55. The highest BCUT2D eigenvalue weighted by Gasteiger charge is 2.13. The Bertz CT molecular complexity index is 773. The Labute approximate surface area is 116 Å². The Morgan fingerprint density at radius 2 is 1.95 bits per heavy atom. The molecule has 3 heterocycles. The molecule has 0 amide bonds. The number of H-pyrrole nitrogens is 1. The van der Waals surface area contributed by atoms with Gasteiger partial charge in [-0.25, -0.2) is 4.98 Å². The van der Waals surface area contributed by atoms with Gasteiger partial charge in [0.15, 0.2) is 10.4 Å². The minimum Gasteiger partial charge on any atom is -0.329 e. The zero-order valence-electron chi connectivity index (χ0n) is 10.8. The molecule has 0 fully saturated rings. The SMILES string of the molecule is Cc1ccc2[nH]c(=S)n(C(C)c3ccncc3)c2n1. The second kappa shape index (κ2) is 4.59. The third kappa shape index (κ3) is 2.06. The van der Waals surface area contributed by atoms with Gasteiger partial charge in [-0.3, -0.25) is 9.55 Å². The average Bonchev–Trinajstić information content (AvgIpc) is 2.74. The highest BCUT2D eigenvalue weighted by Crippen LogP contribution is 2.22. The van der Waals surface area contributed by atoms with Crippen LogP contribution in [-0.4, -0.2) is 19.5 Å². The molecule has 5 heteroatoms. The van der Waals surface area contributed by atoms with Gasteiger partial charge < -0.3 is 4.98 Å². The van der Waals surface area contributed by atoms with E-state index in [-0.39, 0.29) is 6.04 Å². The summed E-state index contributed by atoms with van der Waals surface area (Å²) in [4.78, 5) is 11.8. The van der Waals surface area contributed by atoms with Gasteiger partial charge in [-0.15, -0.1) is 0 Å². The quantitative estimate of drug-likeness (QED) is 0.726. The molecule has 0 saturated carbocycles. The molecule has 19 heavy (non-hydrogen) atoms. The molecule has 1 atom stereocenters. The first-order chi connectivity index (χ1) is 9.16. The maximum atomic E-state index is 5.42. The fraction of sp³-hybridized carbons (Fsp3) is 0.214. The molecule has 3 rings (SSSR count). The molecule has 1 N–H and O–H groups in total. The number of nitrogens with one attached hydrogen (secondary N) is 1. The van der Waals surface area contributed by atoms with Gasteiger partial charge in [0.1, 0.15) is 0 Å². The van der Waals surface area contributed by atoms with E-state index < -0.39 is 0 Å².